The average Bonchev–Trinajstić information content (AvgIpc) is 3.64. The topological polar surface area (TPSA) is 306 Å². The van der Waals surface area contributed by atoms with Crippen LogP contribution in [0.4, 0.5) is 5.82 Å². The summed E-state index contributed by atoms with van der Waals surface area (Å²) in [4.78, 5) is 62.0. The van der Waals surface area contributed by atoms with Gasteiger partial charge in [-0.2, -0.15) is 9.29 Å². The van der Waals surface area contributed by atoms with Gasteiger partial charge >= 0.3 is 33.3 Å². The number of aliphatic hydroxyl groups is 4. The number of phosphoric acid groups is 2. The van der Waals surface area contributed by atoms with Crippen molar-refractivity contribution >= 4 is 33.4 Å². The normalized spacial score (nSPS) is 20.2. The van der Waals surface area contributed by atoms with Crippen molar-refractivity contribution in [3.63, 3.8) is 0 Å². The van der Waals surface area contributed by atoms with Crippen molar-refractivity contribution in [2.75, 3.05) is 25.6 Å². The Hall–Kier alpha value is -3.88. The van der Waals surface area contributed by atoms with E-state index in [-0.39, 0.29) is 18.7 Å². The lowest BCUT2D eigenvalue weighted by Crippen LogP contribution is -2.36. The summed E-state index contributed by atoms with van der Waals surface area (Å²) in [7, 11) is -10.9. The van der Waals surface area contributed by atoms with Gasteiger partial charge in [0.15, 0.2) is 12.3 Å². The predicted molar refractivity (Wildman–Crippen MR) is 291 cm³/mol. The molecule has 1 fully saturated rings. The fraction of sp³-hybridized carbons (Fsp3) is 0.667. The number of ether oxygens (including phenoxy) is 3. The molecule has 22 heteroatoms. The molecule has 1 aliphatic heterocycles. The highest BCUT2D eigenvalue weighted by atomic mass is 31.3. The predicted octanol–water partition coefficient (Wildman–Crippen LogP) is 9.47. The minimum absolute atomic E-state index is 0.00603. The Labute approximate surface area is 450 Å². The largest absolute Gasteiger partial charge is 0.481 e. The molecular weight excluding hydrogens is 1020 g/mol. The molecule has 1 aromatic rings. The van der Waals surface area contributed by atoms with E-state index in [1.54, 1.807) is 42.5 Å². The summed E-state index contributed by atoms with van der Waals surface area (Å²) in [6.45, 7) is 4.10. The number of aromatic nitrogens is 2. The van der Waals surface area contributed by atoms with Crippen LogP contribution in [-0.2, 0) is 46.3 Å². The van der Waals surface area contributed by atoms with E-state index in [2.05, 4.69) is 23.1 Å². The molecule has 76 heavy (non-hydrogen) atoms. The van der Waals surface area contributed by atoms with Crippen molar-refractivity contribution in [1.82, 2.24) is 9.55 Å². The van der Waals surface area contributed by atoms with Crippen LogP contribution in [0.5, 0.6) is 0 Å². The first-order chi connectivity index (χ1) is 36.3. The molecule has 1 saturated heterocycles. The summed E-state index contributed by atoms with van der Waals surface area (Å²) in [5, 5.41) is 41.1. The Kier molecular flexibility index (Phi) is 36.2. The van der Waals surface area contributed by atoms with Gasteiger partial charge in [-0.15, -0.1) is 0 Å². The Bertz CT molecular complexity index is 2110. The first-order valence-corrected chi connectivity index (χ1v) is 30.0. The Balaban J connectivity index is 1.84. The number of allylic oxidation sites excluding steroid dienone is 8. The van der Waals surface area contributed by atoms with E-state index in [1.807, 2.05) is 37.3 Å². The molecule has 9 atom stereocenters. The number of hydrogen-bond acceptors (Lipinski definition) is 17. The molecule has 0 radical (unpaired) electrons. The molecule has 2 rings (SSSR count). The molecule has 0 aliphatic carbocycles. The highest BCUT2D eigenvalue weighted by Crippen LogP contribution is 2.60. The highest BCUT2D eigenvalue weighted by molar-refractivity contribution is 7.61. The van der Waals surface area contributed by atoms with Gasteiger partial charge in [-0.05, 0) is 50.5 Å². The second kappa shape index (κ2) is 40.3. The first kappa shape index (κ1) is 68.2. The third-order valence-electron chi connectivity index (χ3n) is 11.9. The third kappa shape index (κ3) is 33.4. The van der Waals surface area contributed by atoms with Gasteiger partial charge in [0.1, 0.15) is 30.7 Å². The number of unbranched alkanes of at least 4 members (excludes halogenated alkanes) is 14. The molecular formula is C54H89N3O17P2. The van der Waals surface area contributed by atoms with Gasteiger partial charge in [0.25, 0.3) is 0 Å². The van der Waals surface area contributed by atoms with E-state index in [0.29, 0.717) is 32.1 Å². The second-order valence-electron chi connectivity index (χ2n) is 19.2. The summed E-state index contributed by atoms with van der Waals surface area (Å²) in [5.74, 6) is -0.711. The minimum Gasteiger partial charge on any atom is -0.462 e. The number of nitrogen functional groups attached to an aromatic ring is 1. The van der Waals surface area contributed by atoms with Crippen molar-refractivity contribution in [3.05, 3.63) is 95.7 Å². The Morgan fingerprint density at radius 1 is 0.750 bits per heavy atom. The molecule has 432 valence electrons. The summed E-state index contributed by atoms with van der Waals surface area (Å²) in [6, 6.07) is 1.24. The average molecular weight is 1110 g/mol. The number of nitrogens with two attached hydrogens (primary N) is 1. The highest BCUT2D eigenvalue weighted by Gasteiger charge is 2.46. The molecule has 0 aromatic carbocycles. The van der Waals surface area contributed by atoms with E-state index in [4.69, 9.17) is 29.0 Å². The van der Waals surface area contributed by atoms with Gasteiger partial charge in [-0.1, -0.05) is 184 Å². The number of hydrogen-bond donors (Lipinski definition) is 7. The molecule has 1 aliphatic rings. The first-order valence-electron chi connectivity index (χ1n) is 27.0. The van der Waals surface area contributed by atoms with Crippen LogP contribution in [0.25, 0.3) is 0 Å². The fourth-order valence-corrected chi connectivity index (χ4v) is 9.82. The van der Waals surface area contributed by atoms with Crippen molar-refractivity contribution in [2.24, 2.45) is 5.92 Å². The van der Waals surface area contributed by atoms with E-state index >= 15 is 0 Å². The molecule has 0 bridgehead atoms. The van der Waals surface area contributed by atoms with Crippen molar-refractivity contribution < 1.29 is 76.5 Å². The molecule has 0 amide bonds. The molecule has 0 saturated carbocycles. The number of nitrogens with zero attached hydrogens (tertiary/aromatic N) is 2. The van der Waals surface area contributed by atoms with Crippen molar-refractivity contribution in [1.29, 1.82) is 0 Å². The number of carbonyl (C=O) groups excluding carboxylic acids is 2. The molecule has 1 aromatic heterocycles. The smallest absolute Gasteiger partial charge is 0.462 e. The Morgan fingerprint density at radius 3 is 1.96 bits per heavy atom. The maximum Gasteiger partial charge on any atom is 0.481 e. The van der Waals surface area contributed by atoms with Crippen LogP contribution in [0.1, 0.15) is 168 Å². The van der Waals surface area contributed by atoms with Gasteiger partial charge < -0.3 is 50.2 Å². The number of anilines is 1. The summed E-state index contributed by atoms with van der Waals surface area (Å²) in [6.07, 6.45) is 33.4. The van der Waals surface area contributed by atoms with E-state index in [9.17, 15) is 53.7 Å². The van der Waals surface area contributed by atoms with Gasteiger partial charge in [0.05, 0.1) is 25.4 Å². The Morgan fingerprint density at radius 2 is 1.34 bits per heavy atom. The number of esters is 2. The van der Waals surface area contributed by atoms with Crippen LogP contribution < -0.4 is 11.4 Å². The lowest BCUT2D eigenvalue weighted by atomic mass is 10.0. The standard InChI is InChI=1S/C54H89N3O17P2/c1-4-5-24-32-44(58)33-26-20-16-14-17-21-27-34-45(59)35-28-23-30-36-49(60)69-40-46(72-50(61)37-29-22-18-13-11-9-7-6-8-10-12-15-19-25-31-43(2)3)41-70-75(65,66)74-76(67,68)71-42-47-51(62)52(63)53(73-47)57-39-38-48(55)56-54(57)64/h5,16-17,20-21,24,26-28,33-35,38-39,43-47,51-53,58-59,62-63H,4,6-15,18-19,22-23,25,29-32,36-37,40-42H2,1-3H3,(H,65,66)(H,67,68)(H2,55,56,64)/b20-16-,21-17-,24-5-,33-26+,34-27+,35-28-/t44-,45-,46-,47-,51-,52-,53-/m1/s1. The third-order valence-corrected chi connectivity index (χ3v) is 14.5. The van der Waals surface area contributed by atoms with Crippen LogP contribution in [0, 0.1) is 5.92 Å². The minimum atomic E-state index is -5.47. The second-order valence-corrected chi connectivity index (χ2v) is 22.3. The van der Waals surface area contributed by atoms with E-state index < -0.39 is 95.9 Å². The SMILES string of the molecule is CC/C=C\C[C@@H](O)/C=C/C=C\C/C=C\C=C\[C@@H](O)/C=C\CCCC(=O)OC[C@H](COP(=O)(O)OP(=O)(O)OC[C@H]1O[C@@H](n2ccc(N)nc2=O)[C@H](O)[C@@H]1O)OC(=O)CCCCCCCCCCCCCCCCC(C)C. The lowest BCUT2D eigenvalue weighted by molar-refractivity contribution is -0.161. The quantitative estimate of drug-likeness (QED) is 0.0105. The zero-order valence-corrected chi connectivity index (χ0v) is 46.7. The number of carbonyl (C=O) groups is 2. The summed E-state index contributed by atoms with van der Waals surface area (Å²) >= 11 is 0. The van der Waals surface area contributed by atoms with Gasteiger partial charge in [0, 0.05) is 19.0 Å². The zero-order valence-electron chi connectivity index (χ0n) is 44.9. The van der Waals surface area contributed by atoms with Crippen LogP contribution in [0.3, 0.4) is 0 Å². The maximum absolute atomic E-state index is 12.9. The van der Waals surface area contributed by atoms with Gasteiger partial charge in [-0.25, -0.2) is 13.9 Å². The fourth-order valence-electron chi connectivity index (χ4n) is 7.71. The van der Waals surface area contributed by atoms with Crippen LogP contribution in [-0.4, -0.2) is 108 Å². The molecule has 2 heterocycles. The van der Waals surface area contributed by atoms with Crippen molar-refractivity contribution in [3.8, 4) is 0 Å². The molecule has 0 spiro atoms. The van der Waals surface area contributed by atoms with Crippen LogP contribution >= 0.6 is 15.6 Å². The lowest BCUT2D eigenvalue weighted by Gasteiger charge is -2.21. The van der Waals surface area contributed by atoms with Crippen LogP contribution in [0.2, 0.25) is 0 Å². The summed E-state index contributed by atoms with van der Waals surface area (Å²) < 4.78 is 56.7. The number of phosphoric ester groups is 2. The van der Waals surface area contributed by atoms with Gasteiger partial charge in [0.2, 0.25) is 0 Å². The summed E-state index contributed by atoms with van der Waals surface area (Å²) in [5.41, 5.74) is 4.57. The molecule has 20 nitrogen and oxygen atoms in total. The zero-order chi connectivity index (χ0) is 56.0. The van der Waals surface area contributed by atoms with Gasteiger partial charge in [-0.3, -0.25) is 23.2 Å². The molecule has 8 N–H and O–H groups in total. The maximum atomic E-state index is 12.9. The number of rotatable bonds is 43. The molecule has 2 unspecified atom stereocenters. The number of aliphatic hydroxyl groups excluding tert-OH is 4. The van der Waals surface area contributed by atoms with E-state index in [1.165, 1.54) is 70.3 Å². The van der Waals surface area contributed by atoms with Crippen LogP contribution in [0.15, 0.2) is 90.0 Å². The van der Waals surface area contributed by atoms with E-state index in [0.717, 1.165) is 48.8 Å². The monoisotopic (exact) mass is 1110 g/mol. The van der Waals surface area contributed by atoms with Crippen molar-refractivity contribution in [2.45, 2.75) is 205 Å².